The summed E-state index contributed by atoms with van der Waals surface area (Å²) in [5.74, 6) is -0.570. The predicted molar refractivity (Wildman–Crippen MR) is 94.0 cm³/mol. The summed E-state index contributed by atoms with van der Waals surface area (Å²) >= 11 is 0. The highest BCUT2D eigenvalue weighted by Crippen LogP contribution is 2.14. The largest absolute Gasteiger partial charge is 0.465 e. The first-order valence-corrected chi connectivity index (χ1v) is 7.92. The van der Waals surface area contributed by atoms with E-state index in [2.05, 4.69) is 9.84 Å². The third-order valence-electron chi connectivity index (χ3n) is 3.80. The number of aryl methyl sites for hydroxylation is 1. The molecule has 26 heavy (non-hydrogen) atoms. The number of aromatic nitrogens is 2. The second kappa shape index (κ2) is 7.60. The monoisotopic (exact) mass is 352 g/mol. The number of carbonyl (C=O) groups is 2. The van der Waals surface area contributed by atoms with Gasteiger partial charge in [0.05, 0.1) is 37.4 Å². The van der Waals surface area contributed by atoms with Crippen LogP contribution in [0, 0.1) is 0 Å². The van der Waals surface area contributed by atoms with Gasteiger partial charge in [-0.2, -0.15) is 5.10 Å². The number of carbonyl (C=O) groups excluding carboxylic acids is 2. The number of benzene rings is 2. The van der Waals surface area contributed by atoms with Crippen LogP contribution in [-0.2, 0) is 16.1 Å². The number of ether oxygens (including phenoxy) is 2. The molecule has 0 spiro atoms. The molecule has 0 aliphatic heterocycles. The number of hydrogen-bond acceptors (Lipinski definition) is 6. The zero-order valence-electron chi connectivity index (χ0n) is 14.0. The fraction of sp³-hybridized carbons (Fsp3) is 0.158. The van der Waals surface area contributed by atoms with Gasteiger partial charge in [0.2, 0.25) is 5.43 Å². The molecule has 3 rings (SSSR count). The first-order chi connectivity index (χ1) is 12.6. The van der Waals surface area contributed by atoms with Gasteiger partial charge in [-0.3, -0.25) is 14.3 Å². The van der Waals surface area contributed by atoms with Crippen LogP contribution in [0.3, 0.4) is 0 Å². The molecule has 0 N–H and O–H groups in total. The molecule has 0 unspecified atom stereocenters. The van der Waals surface area contributed by atoms with Crippen LogP contribution in [0.25, 0.3) is 10.9 Å². The minimum atomic E-state index is -0.459. The molecule has 7 nitrogen and oxygen atoms in total. The van der Waals surface area contributed by atoms with Crippen molar-refractivity contribution in [1.29, 1.82) is 0 Å². The van der Waals surface area contributed by atoms with E-state index in [0.717, 1.165) is 0 Å². The number of hydrogen-bond donors (Lipinski definition) is 0. The van der Waals surface area contributed by atoms with Crippen molar-refractivity contribution in [2.24, 2.45) is 0 Å². The number of nitrogens with zero attached hydrogens (tertiary/aromatic N) is 2. The Balaban J connectivity index is 1.65. The molecule has 1 aromatic heterocycles. The average Bonchev–Trinajstić information content (AvgIpc) is 2.67. The van der Waals surface area contributed by atoms with Gasteiger partial charge in [0.1, 0.15) is 5.75 Å². The van der Waals surface area contributed by atoms with Crippen LogP contribution in [0.1, 0.15) is 16.8 Å². The standard InChI is InChI=1S/C19H16N2O5/c1-25-19(24)13-6-8-14(9-7-13)26-18(23)10-11-21-16-5-3-2-4-15(16)17(22)12-20-21/h2-9,12H,10-11H2,1H3. The van der Waals surface area contributed by atoms with Crippen molar-refractivity contribution in [3.8, 4) is 5.75 Å². The fourth-order valence-corrected chi connectivity index (χ4v) is 2.50. The minimum Gasteiger partial charge on any atom is -0.465 e. The highest BCUT2D eigenvalue weighted by molar-refractivity contribution is 5.89. The van der Waals surface area contributed by atoms with Crippen molar-refractivity contribution in [3.63, 3.8) is 0 Å². The molecule has 0 fully saturated rings. The Bertz CT molecular complexity index is 1010. The van der Waals surface area contributed by atoms with Gasteiger partial charge < -0.3 is 9.47 Å². The summed E-state index contributed by atoms with van der Waals surface area (Å²) in [6.07, 6.45) is 1.32. The lowest BCUT2D eigenvalue weighted by molar-refractivity contribution is -0.134. The van der Waals surface area contributed by atoms with E-state index < -0.39 is 11.9 Å². The van der Waals surface area contributed by atoms with Gasteiger partial charge in [0.15, 0.2) is 0 Å². The van der Waals surface area contributed by atoms with E-state index in [1.54, 1.807) is 28.9 Å². The highest BCUT2D eigenvalue weighted by atomic mass is 16.5. The minimum absolute atomic E-state index is 0.0820. The Labute approximate surface area is 148 Å². The molecule has 1 heterocycles. The van der Waals surface area contributed by atoms with Crippen LogP contribution in [-0.4, -0.2) is 28.8 Å². The van der Waals surface area contributed by atoms with Gasteiger partial charge in [-0.1, -0.05) is 12.1 Å². The second-order valence-corrected chi connectivity index (χ2v) is 5.49. The maximum Gasteiger partial charge on any atom is 0.337 e. The highest BCUT2D eigenvalue weighted by Gasteiger charge is 2.10. The molecular formula is C19H16N2O5. The quantitative estimate of drug-likeness (QED) is 0.517. The van der Waals surface area contributed by atoms with Crippen molar-refractivity contribution < 1.29 is 19.1 Å². The number of rotatable bonds is 5. The zero-order chi connectivity index (χ0) is 18.5. The predicted octanol–water partition coefficient (Wildman–Crippen LogP) is 2.18. The molecule has 0 atom stereocenters. The maximum atomic E-state index is 12.0. The van der Waals surface area contributed by atoms with E-state index in [0.29, 0.717) is 22.2 Å². The molecule has 0 aliphatic rings. The summed E-state index contributed by atoms with van der Waals surface area (Å²) in [7, 11) is 1.30. The normalized spacial score (nSPS) is 10.5. The van der Waals surface area contributed by atoms with Crippen LogP contribution in [0.2, 0.25) is 0 Å². The van der Waals surface area contributed by atoms with Crippen molar-refractivity contribution in [2.45, 2.75) is 13.0 Å². The van der Waals surface area contributed by atoms with Crippen LogP contribution in [0.5, 0.6) is 5.75 Å². The topological polar surface area (TPSA) is 87.5 Å². The van der Waals surface area contributed by atoms with Crippen molar-refractivity contribution in [1.82, 2.24) is 9.78 Å². The number of esters is 2. The summed E-state index contributed by atoms with van der Waals surface area (Å²) < 4.78 is 11.5. The summed E-state index contributed by atoms with van der Waals surface area (Å²) in [5, 5.41) is 4.62. The fourth-order valence-electron chi connectivity index (χ4n) is 2.50. The lowest BCUT2D eigenvalue weighted by Gasteiger charge is -2.09. The molecule has 0 saturated carbocycles. The van der Waals surface area contributed by atoms with Gasteiger partial charge >= 0.3 is 11.9 Å². The molecule has 0 aliphatic carbocycles. The number of fused-ring (bicyclic) bond motifs is 1. The van der Waals surface area contributed by atoms with E-state index in [1.807, 2.05) is 0 Å². The summed E-state index contributed by atoms with van der Waals surface area (Å²) in [4.78, 5) is 35.2. The van der Waals surface area contributed by atoms with Crippen molar-refractivity contribution in [2.75, 3.05) is 7.11 Å². The molecule has 2 aromatic carbocycles. The Morgan fingerprint density at radius 1 is 1.08 bits per heavy atom. The first-order valence-electron chi connectivity index (χ1n) is 7.92. The molecule has 0 amide bonds. The second-order valence-electron chi connectivity index (χ2n) is 5.49. The van der Waals surface area contributed by atoms with Gasteiger partial charge in [0.25, 0.3) is 0 Å². The molecule has 0 bridgehead atoms. The molecule has 132 valence electrons. The average molecular weight is 352 g/mol. The maximum absolute atomic E-state index is 12.0. The van der Waals surface area contributed by atoms with Crippen LogP contribution < -0.4 is 10.2 Å². The number of para-hydroxylation sites is 1. The molecule has 0 saturated heterocycles. The Hall–Kier alpha value is -3.48. The van der Waals surface area contributed by atoms with E-state index in [-0.39, 0.29) is 18.4 Å². The Morgan fingerprint density at radius 2 is 1.81 bits per heavy atom. The third kappa shape index (κ3) is 3.77. The van der Waals surface area contributed by atoms with Crippen molar-refractivity contribution >= 4 is 22.8 Å². The smallest absolute Gasteiger partial charge is 0.337 e. The lowest BCUT2D eigenvalue weighted by atomic mass is 10.2. The van der Waals surface area contributed by atoms with E-state index >= 15 is 0 Å². The van der Waals surface area contributed by atoms with E-state index in [4.69, 9.17) is 4.74 Å². The summed E-state index contributed by atoms with van der Waals surface area (Å²) in [5.41, 5.74) is 0.872. The zero-order valence-corrected chi connectivity index (χ0v) is 14.0. The van der Waals surface area contributed by atoms with Crippen LogP contribution in [0.4, 0.5) is 0 Å². The number of methoxy groups -OCH3 is 1. The molecular weight excluding hydrogens is 336 g/mol. The SMILES string of the molecule is COC(=O)c1ccc(OC(=O)CCn2ncc(=O)c3ccccc32)cc1. The summed E-state index contributed by atoms with van der Waals surface area (Å²) in [6, 6.07) is 13.2. The van der Waals surface area contributed by atoms with Crippen molar-refractivity contribution in [3.05, 3.63) is 70.5 Å². The summed E-state index contributed by atoms with van der Waals surface area (Å²) in [6.45, 7) is 0.278. The lowest BCUT2D eigenvalue weighted by Crippen LogP contribution is -2.16. The van der Waals surface area contributed by atoms with Gasteiger partial charge in [0, 0.05) is 5.39 Å². The van der Waals surface area contributed by atoms with Gasteiger partial charge in [-0.15, -0.1) is 0 Å². The van der Waals surface area contributed by atoms with E-state index in [9.17, 15) is 14.4 Å². The molecule has 3 aromatic rings. The van der Waals surface area contributed by atoms with E-state index in [1.165, 1.54) is 37.6 Å². The molecule has 0 radical (unpaired) electrons. The first kappa shape index (κ1) is 17.3. The Morgan fingerprint density at radius 3 is 2.54 bits per heavy atom. The van der Waals surface area contributed by atoms with Crippen LogP contribution in [0.15, 0.2) is 59.5 Å². The Kier molecular flexibility index (Phi) is 5.07. The van der Waals surface area contributed by atoms with Gasteiger partial charge in [-0.05, 0) is 36.4 Å². The van der Waals surface area contributed by atoms with Crippen LogP contribution >= 0.6 is 0 Å². The third-order valence-corrected chi connectivity index (χ3v) is 3.80. The molecule has 7 heteroatoms. The van der Waals surface area contributed by atoms with Gasteiger partial charge in [-0.25, -0.2) is 4.79 Å².